The van der Waals surface area contributed by atoms with E-state index in [2.05, 4.69) is 10.2 Å². The molecule has 0 radical (unpaired) electrons. The predicted octanol–water partition coefficient (Wildman–Crippen LogP) is 2.55. The van der Waals surface area contributed by atoms with E-state index in [0.717, 1.165) is 0 Å². The van der Waals surface area contributed by atoms with Gasteiger partial charge in [0, 0.05) is 0 Å². The van der Waals surface area contributed by atoms with Crippen molar-refractivity contribution in [2.75, 3.05) is 0 Å². The maximum Gasteiger partial charge on any atom is 0.280 e. The van der Waals surface area contributed by atoms with Crippen molar-refractivity contribution in [3.05, 3.63) is 17.5 Å². The van der Waals surface area contributed by atoms with Crippen LogP contribution in [-0.2, 0) is 6.42 Å². The SMILES string of the molecule is CC(C)Cc1cn[nH]c1C(F)F. The average Bonchev–Trinajstić information content (AvgIpc) is 2.33. The standard InChI is InChI=1S/C8H12F2N2/c1-5(2)3-6-4-11-12-7(6)8(9)10/h4-5,8H,3H2,1-2H3,(H,11,12). The molecule has 12 heavy (non-hydrogen) atoms. The quantitative estimate of drug-likeness (QED) is 0.749. The number of aromatic nitrogens is 2. The second-order valence-electron chi connectivity index (χ2n) is 3.21. The van der Waals surface area contributed by atoms with Gasteiger partial charge in [0.05, 0.1) is 6.20 Å². The molecule has 1 N–H and O–H groups in total. The van der Waals surface area contributed by atoms with E-state index in [-0.39, 0.29) is 5.69 Å². The molecular formula is C8H12F2N2. The largest absolute Gasteiger partial charge is 0.280 e. The molecule has 0 amide bonds. The molecule has 0 atom stereocenters. The number of alkyl halides is 2. The fourth-order valence-corrected chi connectivity index (χ4v) is 1.11. The van der Waals surface area contributed by atoms with Gasteiger partial charge in [-0.2, -0.15) is 5.10 Å². The molecule has 1 rings (SSSR count). The van der Waals surface area contributed by atoms with Gasteiger partial charge in [-0.3, -0.25) is 5.10 Å². The minimum Gasteiger partial charge on any atom is -0.276 e. The Morgan fingerprint density at radius 1 is 1.50 bits per heavy atom. The Labute approximate surface area is 70.0 Å². The zero-order valence-corrected chi connectivity index (χ0v) is 7.14. The molecule has 0 spiro atoms. The van der Waals surface area contributed by atoms with Crippen LogP contribution in [0.1, 0.15) is 31.5 Å². The molecule has 4 heteroatoms. The van der Waals surface area contributed by atoms with E-state index in [9.17, 15) is 8.78 Å². The van der Waals surface area contributed by atoms with Crippen molar-refractivity contribution in [3.8, 4) is 0 Å². The summed E-state index contributed by atoms with van der Waals surface area (Å²) in [5, 5.41) is 5.90. The number of hydrogen-bond acceptors (Lipinski definition) is 1. The van der Waals surface area contributed by atoms with Crippen LogP contribution in [0.2, 0.25) is 0 Å². The van der Waals surface area contributed by atoms with E-state index in [1.807, 2.05) is 13.8 Å². The van der Waals surface area contributed by atoms with E-state index in [1.54, 1.807) is 0 Å². The molecular weight excluding hydrogens is 162 g/mol. The highest BCUT2D eigenvalue weighted by Crippen LogP contribution is 2.21. The molecule has 1 aromatic rings. The number of aromatic amines is 1. The highest BCUT2D eigenvalue weighted by Gasteiger charge is 2.15. The number of nitrogens with one attached hydrogen (secondary N) is 1. The molecule has 1 heterocycles. The summed E-state index contributed by atoms with van der Waals surface area (Å²) < 4.78 is 24.5. The van der Waals surface area contributed by atoms with Crippen LogP contribution in [0.4, 0.5) is 8.78 Å². The maximum atomic E-state index is 12.2. The van der Waals surface area contributed by atoms with Crippen molar-refractivity contribution >= 4 is 0 Å². The molecule has 0 aliphatic carbocycles. The summed E-state index contributed by atoms with van der Waals surface area (Å²) in [7, 11) is 0. The third-order valence-electron chi connectivity index (χ3n) is 1.60. The van der Waals surface area contributed by atoms with Crippen LogP contribution in [0.5, 0.6) is 0 Å². The van der Waals surface area contributed by atoms with Crippen LogP contribution in [0.3, 0.4) is 0 Å². The topological polar surface area (TPSA) is 28.7 Å². The fraction of sp³-hybridized carbons (Fsp3) is 0.625. The third kappa shape index (κ3) is 2.03. The monoisotopic (exact) mass is 174 g/mol. The van der Waals surface area contributed by atoms with Gasteiger partial charge in [-0.15, -0.1) is 0 Å². The molecule has 68 valence electrons. The first kappa shape index (κ1) is 9.16. The van der Waals surface area contributed by atoms with Gasteiger partial charge in [0.1, 0.15) is 5.69 Å². The zero-order valence-electron chi connectivity index (χ0n) is 7.14. The Morgan fingerprint density at radius 3 is 2.67 bits per heavy atom. The lowest BCUT2D eigenvalue weighted by Gasteiger charge is -2.03. The maximum absolute atomic E-state index is 12.2. The molecule has 0 aromatic carbocycles. The number of H-pyrrole nitrogens is 1. The summed E-state index contributed by atoms with van der Waals surface area (Å²) in [4.78, 5) is 0. The summed E-state index contributed by atoms with van der Waals surface area (Å²) in [6.07, 6.45) is -0.321. The number of hydrogen-bond donors (Lipinski definition) is 1. The Bertz CT molecular complexity index is 243. The molecule has 0 saturated carbocycles. The number of halogens is 2. The molecule has 0 unspecified atom stereocenters. The lowest BCUT2D eigenvalue weighted by atomic mass is 10.0. The first-order valence-corrected chi connectivity index (χ1v) is 3.91. The van der Waals surface area contributed by atoms with Crippen LogP contribution in [0.25, 0.3) is 0 Å². The smallest absolute Gasteiger partial charge is 0.276 e. The van der Waals surface area contributed by atoms with Crippen LogP contribution in [0, 0.1) is 5.92 Å². The van der Waals surface area contributed by atoms with E-state index in [4.69, 9.17) is 0 Å². The molecule has 0 saturated heterocycles. The lowest BCUT2D eigenvalue weighted by Crippen LogP contribution is -1.97. The van der Waals surface area contributed by atoms with E-state index in [1.165, 1.54) is 6.20 Å². The van der Waals surface area contributed by atoms with E-state index < -0.39 is 6.43 Å². The molecule has 1 aromatic heterocycles. The van der Waals surface area contributed by atoms with Gasteiger partial charge in [-0.25, -0.2) is 8.78 Å². The Kier molecular flexibility index (Phi) is 2.78. The van der Waals surface area contributed by atoms with Crippen LogP contribution in [0.15, 0.2) is 6.20 Å². The van der Waals surface area contributed by atoms with Gasteiger partial charge in [0.25, 0.3) is 6.43 Å². The predicted molar refractivity (Wildman–Crippen MR) is 42.1 cm³/mol. The van der Waals surface area contributed by atoms with Crippen molar-refractivity contribution in [2.24, 2.45) is 5.92 Å². The minimum atomic E-state index is -2.44. The second kappa shape index (κ2) is 3.65. The third-order valence-corrected chi connectivity index (χ3v) is 1.60. The number of rotatable bonds is 3. The molecule has 2 nitrogen and oxygen atoms in total. The van der Waals surface area contributed by atoms with Gasteiger partial charge in [0.15, 0.2) is 0 Å². The number of nitrogens with zero attached hydrogens (tertiary/aromatic N) is 1. The van der Waals surface area contributed by atoms with Crippen molar-refractivity contribution in [1.29, 1.82) is 0 Å². The molecule has 0 aliphatic heterocycles. The Balaban J connectivity index is 2.77. The first-order valence-electron chi connectivity index (χ1n) is 3.91. The summed E-state index contributed by atoms with van der Waals surface area (Å²) >= 11 is 0. The van der Waals surface area contributed by atoms with E-state index >= 15 is 0 Å². The first-order chi connectivity index (χ1) is 5.61. The highest BCUT2D eigenvalue weighted by atomic mass is 19.3. The fourth-order valence-electron chi connectivity index (χ4n) is 1.11. The average molecular weight is 174 g/mol. The highest BCUT2D eigenvalue weighted by molar-refractivity contribution is 5.17. The summed E-state index contributed by atoms with van der Waals surface area (Å²) in [6, 6.07) is 0. The minimum absolute atomic E-state index is 0.0382. The molecule has 0 aliphatic rings. The summed E-state index contributed by atoms with van der Waals surface area (Å²) in [5.74, 6) is 0.375. The lowest BCUT2D eigenvalue weighted by molar-refractivity contribution is 0.144. The van der Waals surface area contributed by atoms with Crippen molar-refractivity contribution in [3.63, 3.8) is 0 Å². The molecule has 0 bridgehead atoms. The van der Waals surface area contributed by atoms with Gasteiger partial charge in [-0.05, 0) is 17.9 Å². The van der Waals surface area contributed by atoms with Gasteiger partial charge >= 0.3 is 0 Å². The van der Waals surface area contributed by atoms with Crippen molar-refractivity contribution < 1.29 is 8.78 Å². The van der Waals surface area contributed by atoms with Gasteiger partial charge < -0.3 is 0 Å². The normalized spacial score (nSPS) is 11.5. The summed E-state index contributed by atoms with van der Waals surface area (Å²) in [5.41, 5.74) is 0.587. The summed E-state index contributed by atoms with van der Waals surface area (Å²) in [6.45, 7) is 3.98. The Hall–Kier alpha value is -0.930. The van der Waals surface area contributed by atoms with Crippen LogP contribution in [-0.4, -0.2) is 10.2 Å². The van der Waals surface area contributed by atoms with Crippen molar-refractivity contribution in [1.82, 2.24) is 10.2 Å². The second-order valence-corrected chi connectivity index (χ2v) is 3.21. The van der Waals surface area contributed by atoms with Gasteiger partial charge in [0.2, 0.25) is 0 Å². The zero-order chi connectivity index (χ0) is 9.14. The van der Waals surface area contributed by atoms with Gasteiger partial charge in [-0.1, -0.05) is 13.8 Å². The van der Waals surface area contributed by atoms with Crippen LogP contribution < -0.4 is 0 Å². The Morgan fingerprint density at radius 2 is 2.17 bits per heavy atom. The van der Waals surface area contributed by atoms with Crippen molar-refractivity contribution in [2.45, 2.75) is 26.7 Å². The van der Waals surface area contributed by atoms with Crippen LogP contribution >= 0.6 is 0 Å². The van der Waals surface area contributed by atoms with E-state index in [0.29, 0.717) is 17.9 Å². The molecule has 0 fully saturated rings.